The van der Waals surface area contributed by atoms with E-state index in [0.717, 1.165) is 25.7 Å². The molecule has 1 aromatic carbocycles. The maximum atomic E-state index is 12.6. The first-order valence-electron chi connectivity index (χ1n) is 8.55. The van der Waals surface area contributed by atoms with Crippen LogP contribution in [0.25, 0.3) is 10.8 Å². The summed E-state index contributed by atoms with van der Waals surface area (Å²) in [7, 11) is 0. The number of thiazole rings is 1. The van der Waals surface area contributed by atoms with Gasteiger partial charge in [0.1, 0.15) is 4.88 Å². The highest BCUT2D eigenvalue weighted by atomic mass is 79.9. The number of benzene rings is 1. The first kappa shape index (κ1) is 18.8. The molecule has 0 spiro atoms. The van der Waals surface area contributed by atoms with Gasteiger partial charge in [-0.25, -0.2) is 4.98 Å². The molecule has 3 aromatic rings. The van der Waals surface area contributed by atoms with Crippen LogP contribution in [0, 0.1) is 19.8 Å². The van der Waals surface area contributed by atoms with E-state index in [1.165, 1.54) is 11.3 Å². The van der Waals surface area contributed by atoms with E-state index in [0.29, 0.717) is 12.4 Å². The van der Waals surface area contributed by atoms with Gasteiger partial charge in [-0.1, -0.05) is 27.1 Å². The summed E-state index contributed by atoms with van der Waals surface area (Å²) in [5.74, 6) is -0.593. The van der Waals surface area contributed by atoms with Crippen molar-refractivity contribution in [1.82, 2.24) is 15.2 Å². The molecule has 28 heavy (non-hydrogen) atoms. The quantitative estimate of drug-likeness (QED) is 0.636. The molecule has 1 saturated heterocycles. The third-order valence-corrected chi connectivity index (χ3v) is 5.92. The van der Waals surface area contributed by atoms with Gasteiger partial charge in [0.15, 0.2) is 0 Å². The molecule has 4 rings (SSSR count). The van der Waals surface area contributed by atoms with Crippen LogP contribution in [0.4, 0.5) is 11.7 Å². The Bertz CT molecular complexity index is 1060. The number of carbonyl (C=O) groups is 2. The molecule has 0 radical (unpaired) electrons. The molecule has 0 aliphatic carbocycles. The Morgan fingerprint density at radius 1 is 1.36 bits per heavy atom. The lowest BCUT2D eigenvalue weighted by atomic mass is 10.1. The van der Waals surface area contributed by atoms with Crippen molar-refractivity contribution >= 4 is 50.8 Å². The summed E-state index contributed by atoms with van der Waals surface area (Å²) in [5.41, 5.74) is 1.56. The van der Waals surface area contributed by atoms with Gasteiger partial charge < -0.3 is 9.32 Å². The molecule has 0 saturated carbocycles. The molecule has 1 N–H and O–H groups in total. The van der Waals surface area contributed by atoms with Gasteiger partial charge in [-0.05, 0) is 32.0 Å². The van der Waals surface area contributed by atoms with Gasteiger partial charge in [-0.3, -0.25) is 14.9 Å². The Kier molecular flexibility index (Phi) is 4.98. The molecule has 1 aliphatic rings. The van der Waals surface area contributed by atoms with Crippen molar-refractivity contribution < 1.29 is 14.0 Å². The number of hydrogen-bond acceptors (Lipinski definition) is 7. The zero-order chi connectivity index (χ0) is 19.8. The van der Waals surface area contributed by atoms with E-state index in [9.17, 15) is 9.59 Å². The van der Waals surface area contributed by atoms with Crippen LogP contribution in [0.1, 0.15) is 17.1 Å². The molecule has 2 aromatic heterocycles. The number of nitrogens with one attached hydrogen (secondary N) is 1. The summed E-state index contributed by atoms with van der Waals surface area (Å²) >= 11 is 4.85. The average molecular weight is 462 g/mol. The molecule has 1 unspecified atom stereocenters. The van der Waals surface area contributed by atoms with Crippen molar-refractivity contribution in [2.24, 2.45) is 5.92 Å². The van der Waals surface area contributed by atoms with Crippen LogP contribution in [-0.2, 0) is 9.59 Å². The van der Waals surface area contributed by atoms with E-state index in [1.807, 2.05) is 38.1 Å². The van der Waals surface area contributed by atoms with E-state index in [1.54, 1.807) is 4.90 Å². The number of hydrogen-bond donors (Lipinski definition) is 1. The standard InChI is InChI=1S/C18H16BrN5O3S/c1-9-15(28-10(2)20-9)17-22-23-18(27-17)21-16(26)11-6-14(25)24(8-11)13-5-3-4-12(19)7-13/h3-5,7,11H,6,8H2,1-2H3,(H,21,23,26). The molecule has 1 fully saturated rings. The zero-order valence-electron chi connectivity index (χ0n) is 15.1. The summed E-state index contributed by atoms with van der Waals surface area (Å²) in [5, 5.41) is 11.4. The molecule has 1 aliphatic heterocycles. The first-order valence-corrected chi connectivity index (χ1v) is 10.2. The van der Waals surface area contributed by atoms with Gasteiger partial charge in [0, 0.05) is 23.1 Å². The summed E-state index contributed by atoms with van der Waals surface area (Å²) < 4.78 is 6.43. The van der Waals surface area contributed by atoms with Gasteiger partial charge in [0.2, 0.25) is 11.8 Å². The van der Waals surface area contributed by atoms with Crippen molar-refractivity contribution in [3.63, 3.8) is 0 Å². The van der Waals surface area contributed by atoms with Crippen LogP contribution >= 0.6 is 27.3 Å². The van der Waals surface area contributed by atoms with Crippen LogP contribution in [0.5, 0.6) is 0 Å². The largest absolute Gasteiger partial charge is 0.402 e. The van der Waals surface area contributed by atoms with Crippen molar-refractivity contribution in [3.05, 3.63) is 39.4 Å². The maximum Gasteiger partial charge on any atom is 0.322 e. The Morgan fingerprint density at radius 2 is 2.18 bits per heavy atom. The van der Waals surface area contributed by atoms with Crippen molar-refractivity contribution in [2.45, 2.75) is 20.3 Å². The van der Waals surface area contributed by atoms with Crippen molar-refractivity contribution in [3.8, 4) is 10.8 Å². The third-order valence-electron chi connectivity index (χ3n) is 4.37. The molecule has 8 nitrogen and oxygen atoms in total. The fraction of sp³-hybridized carbons (Fsp3) is 0.278. The lowest BCUT2D eigenvalue weighted by molar-refractivity contribution is -0.122. The number of aryl methyl sites for hydroxylation is 2. The summed E-state index contributed by atoms with van der Waals surface area (Å²) in [6, 6.07) is 7.43. The molecule has 3 heterocycles. The summed E-state index contributed by atoms with van der Waals surface area (Å²) in [6.45, 7) is 4.06. The van der Waals surface area contributed by atoms with E-state index < -0.39 is 5.92 Å². The maximum absolute atomic E-state index is 12.6. The van der Waals surface area contributed by atoms with E-state index >= 15 is 0 Å². The normalized spacial score (nSPS) is 16.6. The fourth-order valence-corrected chi connectivity index (χ4v) is 4.31. The molecule has 2 amide bonds. The van der Waals surface area contributed by atoms with Gasteiger partial charge in [0.25, 0.3) is 5.89 Å². The number of aromatic nitrogens is 3. The highest BCUT2D eigenvalue weighted by molar-refractivity contribution is 9.10. The van der Waals surface area contributed by atoms with Gasteiger partial charge in [-0.2, -0.15) is 0 Å². The minimum atomic E-state index is -0.491. The minimum absolute atomic E-state index is 0.0128. The molecule has 1 atom stereocenters. The van der Waals surface area contributed by atoms with Crippen molar-refractivity contribution in [2.75, 3.05) is 16.8 Å². The van der Waals surface area contributed by atoms with Crippen LogP contribution in [-0.4, -0.2) is 33.5 Å². The smallest absolute Gasteiger partial charge is 0.322 e. The van der Waals surface area contributed by atoms with Gasteiger partial charge in [0.05, 0.1) is 16.6 Å². The Morgan fingerprint density at radius 3 is 2.89 bits per heavy atom. The molecule has 10 heteroatoms. The SMILES string of the molecule is Cc1nc(C)c(-c2nnc(NC(=O)C3CC(=O)N(c4cccc(Br)c4)C3)o2)s1. The molecular formula is C18H16BrN5O3S. The number of halogens is 1. The van der Waals surface area contributed by atoms with E-state index in [2.05, 4.69) is 36.4 Å². The number of anilines is 2. The van der Waals surface area contributed by atoms with Crippen molar-refractivity contribution in [1.29, 1.82) is 0 Å². The molecule has 144 valence electrons. The highest BCUT2D eigenvalue weighted by Crippen LogP contribution is 2.30. The lowest BCUT2D eigenvalue weighted by Crippen LogP contribution is -2.28. The first-order chi connectivity index (χ1) is 13.4. The van der Waals surface area contributed by atoms with Crippen LogP contribution in [0.2, 0.25) is 0 Å². The monoisotopic (exact) mass is 461 g/mol. The summed E-state index contributed by atoms with van der Waals surface area (Å²) in [4.78, 5) is 31.7. The summed E-state index contributed by atoms with van der Waals surface area (Å²) in [6.07, 6.45) is 0.131. The number of rotatable bonds is 4. The van der Waals surface area contributed by atoms with Crippen LogP contribution < -0.4 is 10.2 Å². The second kappa shape index (κ2) is 7.44. The minimum Gasteiger partial charge on any atom is -0.402 e. The van der Waals surface area contributed by atoms with E-state index in [4.69, 9.17) is 4.42 Å². The highest BCUT2D eigenvalue weighted by Gasteiger charge is 2.35. The van der Waals surface area contributed by atoms with Crippen LogP contribution in [0.3, 0.4) is 0 Å². The van der Waals surface area contributed by atoms with E-state index in [-0.39, 0.29) is 24.2 Å². The Hall–Kier alpha value is -2.59. The third kappa shape index (κ3) is 3.69. The predicted octanol–water partition coefficient (Wildman–Crippen LogP) is 3.56. The predicted molar refractivity (Wildman–Crippen MR) is 108 cm³/mol. The average Bonchev–Trinajstić information content (AvgIpc) is 3.34. The van der Waals surface area contributed by atoms with Gasteiger partial charge >= 0.3 is 6.01 Å². The fourth-order valence-electron chi connectivity index (χ4n) is 3.08. The molecule has 0 bridgehead atoms. The second-order valence-electron chi connectivity index (χ2n) is 6.43. The van der Waals surface area contributed by atoms with Gasteiger partial charge in [-0.15, -0.1) is 16.4 Å². The number of amides is 2. The lowest BCUT2D eigenvalue weighted by Gasteiger charge is -2.16. The number of carbonyl (C=O) groups excluding carboxylic acids is 2. The molecular weight excluding hydrogens is 446 g/mol. The van der Waals surface area contributed by atoms with Crippen LogP contribution in [0.15, 0.2) is 33.2 Å². The Labute approximate surface area is 173 Å². The topological polar surface area (TPSA) is 101 Å². The number of nitrogens with zero attached hydrogens (tertiary/aromatic N) is 4. The second-order valence-corrected chi connectivity index (χ2v) is 8.55. The zero-order valence-corrected chi connectivity index (χ0v) is 17.5. The Balaban J connectivity index is 1.45.